The van der Waals surface area contributed by atoms with Crippen LogP contribution in [0.5, 0.6) is 0 Å². The van der Waals surface area contributed by atoms with Crippen LogP contribution in [0.25, 0.3) is 0 Å². The fourth-order valence-corrected chi connectivity index (χ4v) is 4.89. The smallest absolute Gasteiger partial charge is 0.339 e. The molecule has 1 aromatic heterocycles. The maximum absolute atomic E-state index is 13.0. The lowest BCUT2D eigenvalue weighted by molar-refractivity contribution is -0.0440. The molecule has 1 saturated heterocycles. The summed E-state index contributed by atoms with van der Waals surface area (Å²) < 4.78 is 38.1. The van der Waals surface area contributed by atoms with Crippen molar-refractivity contribution in [3.8, 4) is 0 Å². The Bertz CT molecular complexity index is 1020. The Hall–Kier alpha value is -2.82. The largest absolute Gasteiger partial charge is 0.460 e. The summed E-state index contributed by atoms with van der Waals surface area (Å²) in [7, 11) is -3.75. The quantitative estimate of drug-likeness (QED) is 0.505. The molecule has 10 heteroatoms. The zero-order valence-corrected chi connectivity index (χ0v) is 18.2. The lowest BCUT2D eigenvalue weighted by Gasteiger charge is -2.34. The van der Waals surface area contributed by atoms with E-state index in [0.29, 0.717) is 5.56 Å². The van der Waals surface area contributed by atoms with Gasteiger partial charge >= 0.3 is 5.97 Å². The Labute approximate surface area is 181 Å². The summed E-state index contributed by atoms with van der Waals surface area (Å²) in [6, 6.07) is 9.06. The molecule has 2 unspecified atom stereocenters. The molecule has 1 aliphatic rings. The summed E-state index contributed by atoms with van der Waals surface area (Å²) in [6.45, 7) is 4.21. The lowest BCUT2D eigenvalue weighted by Crippen LogP contribution is -2.48. The Morgan fingerprint density at radius 2 is 1.87 bits per heavy atom. The second-order valence-corrected chi connectivity index (χ2v) is 9.18. The average molecular weight is 448 g/mol. The van der Waals surface area contributed by atoms with Crippen LogP contribution in [0.1, 0.15) is 34.6 Å². The van der Waals surface area contributed by atoms with E-state index in [1.807, 2.05) is 13.8 Å². The Kier molecular flexibility index (Phi) is 7.37. The van der Waals surface area contributed by atoms with Crippen molar-refractivity contribution in [2.45, 2.75) is 31.0 Å². The fourth-order valence-electron chi connectivity index (χ4n) is 3.25. The van der Waals surface area contributed by atoms with E-state index in [-0.39, 0.29) is 48.9 Å². The van der Waals surface area contributed by atoms with E-state index in [1.54, 1.807) is 18.3 Å². The van der Waals surface area contributed by atoms with Gasteiger partial charge in [-0.05, 0) is 44.2 Å². The fraction of sp³-hybridized carbons (Fsp3) is 0.381. The van der Waals surface area contributed by atoms with Crippen molar-refractivity contribution in [1.29, 1.82) is 0 Å². The van der Waals surface area contributed by atoms with Crippen LogP contribution in [0, 0.1) is 0 Å². The van der Waals surface area contributed by atoms with Crippen LogP contribution in [0.3, 0.4) is 0 Å². The van der Waals surface area contributed by atoms with Crippen LogP contribution in [0.2, 0.25) is 0 Å². The number of nitrogens with one attached hydrogen (secondary N) is 1. The molecule has 0 saturated carbocycles. The molecule has 9 nitrogen and oxygen atoms in total. The Morgan fingerprint density at radius 3 is 2.55 bits per heavy atom. The summed E-state index contributed by atoms with van der Waals surface area (Å²) in [4.78, 5) is 28.2. The number of pyridine rings is 1. The number of hydrogen-bond donors (Lipinski definition) is 1. The van der Waals surface area contributed by atoms with E-state index in [9.17, 15) is 18.0 Å². The predicted molar refractivity (Wildman–Crippen MR) is 112 cm³/mol. The van der Waals surface area contributed by atoms with E-state index in [1.165, 1.54) is 34.8 Å². The number of carbonyl (C=O) groups excluding carboxylic acids is 2. The highest BCUT2D eigenvalue weighted by Crippen LogP contribution is 2.22. The molecule has 1 aliphatic heterocycles. The van der Waals surface area contributed by atoms with Gasteiger partial charge in [0.2, 0.25) is 10.0 Å². The highest BCUT2D eigenvalue weighted by atomic mass is 32.2. The number of benzene rings is 1. The van der Waals surface area contributed by atoms with Crippen LogP contribution in [0.4, 0.5) is 0 Å². The van der Waals surface area contributed by atoms with E-state index >= 15 is 0 Å². The molecule has 2 aromatic rings. The summed E-state index contributed by atoms with van der Waals surface area (Å²) >= 11 is 0. The minimum Gasteiger partial charge on any atom is -0.460 e. The van der Waals surface area contributed by atoms with Crippen molar-refractivity contribution < 1.29 is 27.5 Å². The Balaban J connectivity index is 1.58. The zero-order valence-electron chi connectivity index (χ0n) is 17.4. The van der Waals surface area contributed by atoms with Crippen LogP contribution in [0.15, 0.2) is 53.7 Å². The standard InChI is InChI=1S/C21H25N3O6S/c1-15-13-24(14-16(2)30-15)31(27,28)19-7-3-5-17(11-19)20(25)23-9-10-29-21(26)18-6-4-8-22-12-18/h3-8,11-12,15-16H,9-10,13-14H2,1-2H3,(H,23,25). The van der Waals surface area contributed by atoms with Gasteiger partial charge in [-0.2, -0.15) is 4.31 Å². The van der Waals surface area contributed by atoms with Crippen LogP contribution in [-0.2, 0) is 19.5 Å². The normalized spacial score (nSPS) is 19.5. The number of esters is 1. The summed E-state index contributed by atoms with van der Waals surface area (Å²) in [5.74, 6) is -0.998. The monoisotopic (exact) mass is 447 g/mol. The first-order chi connectivity index (χ1) is 14.8. The van der Waals surface area contributed by atoms with Crippen molar-refractivity contribution in [3.63, 3.8) is 0 Å². The molecule has 1 amide bonds. The molecule has 0 bridgehead atoms. The molecule has 1 fully saturated rings. The molecule has 3 rings (SSSR count). The predicted octanol–water partition coefficient (Wildman–Crippen LogP) is 1.47. The van der Waals surface area contributed by atoms with Gasteiger partial charge < -0.3 is 14.8 Å². The third-order valence-corrected chi connectivity index (χ3v) is 6.47. The number of carbonyl (C=O) groups is 2. The van der Waals surface area contributed by atoms with E-state index in [4.69, 9.17) is 9.47 Å². The highest BCUT2D eigenvalue weighted by Gasteiger charge is 2.32. The number of hydrogen-bond acceptors (Lipinski definition) is 7. The van der Waals surface area contributed by atoms with Gasteiger partial charge in [-0.3, -0.25) is 9.78 Å². The van der Waals surface area contributed by atoms with Gasteiger partial charge in [0.25, 0.3) is 5.91 Å². The van der Waals surface area contributed by atoms with Crippen LogP contribution < -0.4 is 5.32 Å². The minimum atomic E-state index is -3.75. The molecule has 31 heavy (non-hydrogen) atoms. The number of nitrogens with zero attached hydrogens (tertiary/aromatic N) is 2. The molecule has 2 atom stereocenters. The molecule has 1 aromatic carbocycles. The number of aromatic nitrogens is 1. The van der Waals surface area contributed by atoms with Crippen LogP contribution >= 0.6 is 0 Å². The maximum atomic E-state index is 13.0. The van der Waals surface area contributed by atoms with Gasteiger partial charge in [-0.25, -0.2) is 13.2 Å². The van der Waals surface area contributed by atoms with E-state index in [0.717, 1.165) is 0 Å². The SMILES string of the molecule is CC1CN(S(=O)(=O)c2cccc(C(=O)NCCOC(=O)c3cccnc3)c2)CC(C)O1. The Morgan fingerprint density at radius 1 is 1.16 bits per heavy atom. The third kappa shape index (κ3) is 5.87. The zero-order chi connectivity index (χ0) is 22.4. The highest BCUT2D eigenvalue weighted by molar-refractivity contribution is 7.89. The van der Waals surface area contributed by atoms with Gasteiger partial charge in [0, 0.05) is 31.0 Å². The molecular formula is C21H25N3O6S. The van der Waals surface area contributed by atoms with E-state index < -0.39 is 21.9 Å². The van der Waals surface area contributed by atoms with Gasteiger partial charge in [0.1, 0.15) is 6.61 Å². The van der Waals surface area contributed by atoms with Gasteiger partial charge in [-0.15, -0.1) is 0 Å². The summed E-state index contributed by atoms with van der Waals surface area (Å²) in [5.41, 5.74) is 0.521. The van der Waals surface area contributed by atoms with Crippen molar-refractivity contribution in [3.05, 3.63) is 59.9 Å². The first kappa shape index (κ1) is 22.9. The molecule has 0 radical (unpaired) electrons. The molecule has 1 N–H and O–H groups in total. The third-order valence-electron chi connectivity index (χ3n) is 4.64. The minimum absolute atomic E-state index is 0.0268. The van der Waals surface area contributed by atoms with Crippen LogP contribution in [-0.4, -0.2) is 68.0 Å². The average Bonchev–Trinajstić information content (AvgIpc) is 2.76. The topological polar surface area (TPSA) is 115 Å². The lowest BCUT2D eigenvalue weighted by atomic mass is 10.2. The van der Waals surface area contributed by atoms with Crippen molar-refractivity contribution in [1.82, 2.24) is 14.6 Å². The number of rotatable bonds is 7. The summed E-state index contributed by atoms with van der Waals surface area (Å²) in [5, 5.41) is 2.62. The molecular weight excluding hydrogens is 422 g/mol. The van der Waals surface area contributed by atoms with E-state index in [2.05, 4.69) is 10.3 Å². The number of sulfonamides is 1. The maximum Gasteiger partial charge on any atom is 0.339 e. The molecule has 2 heterocycles. The number of amides is 1. The number of morpholine rings is 1. The second-order valence-electron chi connectivity index (χ2n) is 7.24. The first-order valence-electron chi connectivity index (χ1n) is 9.88. The number of ether oxygens (including phenoxy) is 2. The van der Waals surface area contributed by atoms with Gasteiger partial charge in [0.15, 0.2) is 0 Å². The van der Waals surface area contributed by atoms with Crippen molar-refractivity contribution in [2.75, 3.05) is 26.2 Å². The summed E-state index contributed by atoms with van der Waals surface area (Å²) in [6.07, 6.45) is 2.52. The molecule has 0 aliphatic carbocycles. The second kappa shape index (κ2) is 9.99. The molecule has 166 valence electrons. The van der Waals surface area contributed by atoms with Crippen molar-refractivity contribution in [2.24, 2.45) is 0 Å². The van der Waals surface area contributed by atoms with Gasteiger partial charge in [0.05, 0.1) is 29.2 Å². The first-order valence-corrected chi connectivity index (χ1v) is 11.3. The van der Waals surface area contributed by atoms with Gasteiger partial charge in [-0.1, -0.05) is 6.07 Å². The van der Waals surface area contributed by atoms with Crippen molar-refractivity contribution >= 4 is 21.9 Å². The molecule has 0 spiro atoms.